The molecule has 1 N–H and O–H groups in total. The van der Waals surface area contributed by atoms with Crippen molar-refractivity contribution in [1.82, 2.24) is 14.8 Å². The van der Waals surface area contributed by atoms with Gasteiger partial charge in [-0.15, -0.1) is 21.5 Å². The molecule has 0 saturated heterocycles. The Morgan fingerprint density at radius 3 is 3.08 bits per heavy atom. The lowest BCUT2D eigenvalue weighted by Gasteiger charge is -2.18. The van der Waals surface area contributed by atoms with Crippen LogP contribution < -0.4 is 5.32 Å². The largest absolute Gasteiger partial charge is 0.462 e. The quantitative estimate of drug-likeness (QED) is 0.804. The second-order valence-corrected chi connectivity index (χ2v) is 7.32. The number of amides is 1. The number of hydrogen-bond donors (Lipinski definition) is 1. The first-order valence-corrected chi connectivity index (χ1v) is 9.24. The van der Waals surface area contributed by atoms with E-state index in [0.29, 0.717) is 16.5 Å². The van der Waals surface area contributed by atoms with E-state index >= 15 is 0 Å². The zero-order valence-electron chi connectivity index (χ0n) is 14.6. The molecule has 0 aliphatic heterocycles. The van der Waals surface area contributed by atoms with Crippen LogP contribution in [0.15, 0.2) is 6.33 Å². The van der Waals surface area contributed by atoms with Gasteiger partial charge in [-0.1, -0.05) is 6.92 Å². The molecule has 0 bridgehead atoms. The smallest absolute Gasteiger partial charge is 0.341 e. The summed E-state index contributed by atoms with van der Waals surface area (Å²) in [6.07, 6.45) is 4.04. The standard InChI is InChI=1S/C17H19N5O3S/c1-3-25-17(24)15-11-5-4-10(2)6-12(11)26-16(15)20-14(23)8-22-9-19-21-13(22)7-18/h9-10H,3-6,8H2,1-2H3,(H,20,23). The summed E-state index contributed by atoms with van der Waals surface area (Å²) in [6.45, 7) is 4.11. The van der Waals surface area contributed by atoms with Crippen LogP contribution in [0, 0.1) is 17.2 Å². The highest BCUT2D eigenvalue weighted by atomic mass is 32.1. The summed E-state index contributed by atoms with van der Waals surface area (Å²) in [5.74, 6) is -0.143. The van der Waals surface area contributed by atoms with Crippen molar-refractivity contribution in [1.29, 1.82) is 5.26 Å². The second-order valence-electron chi connectivity index (χ2n) is 6.22. The van der Waals surface area contributed by atoms with Crippen molar-refractivity contribution in [3.05, 3.63) is 28.2 Å². The average molecular weight is 373 g/mol. The van der Waals surface area contributed by atoms with Crippen molar-refractivity contribution in [2.75, 3.05) is 11.9 Å². The minimum absolute atomic E-state index is 0.0602. The zero-order chi connectivity index (χ0) is 18.7. The number of carbonyl (C=O) groups excluding carboxylic acids is 2. The third kappa shape index (κ3) is 3.60. The molecule has 1 unspecified atom stereocenters. The van der Waals surface area contributed by atoms with Crippen molar-refractivity contribution in [2.24, 2.45) is 5.92 Å². The van der Waals surface area contributed by atoms with Gasteiger partial charge in [0.15, 0.2) is 0 Å². The van der Waals surface area contributed by atoms with Crippen molar-refractivity contribution in [2.45, 2.75) is 39.7 Å². The maximum Gasteiger partial charge on any atom is 0.341 e. The Balaban J connectivity index is 1.85. The first kappa shape index (κ1) is 18.1. The molecule has 0 fully saturated rings. The minimum Gasteiger partial charge on any atom is -0.462 e. The molecule has 0 saturated carbocycles. The lowest BCUT2D eigenvalue weighted by Crippen LogP contribution is -2.20. The highest BCUT2D eigenvalue weighted by Gasteiger charge is 2.29. The Hall–Kier alpha value is -2.73. The molecule has 0 spiro atoms. The molecular formula is C17H19N5O3S. The van der Waals surface area contributed by atoms with Crippen LogP contribution >= 0.6 is 11.3 Å². The molecule has 136 valence electrons. The number of ether oxygens (including phenoxy) is 1. The van der Waals surface area contributed by atoms with E-state index in [9.17, 15) is 9.59 Å². The summed E-state index contributed by atoms with van der Waals surface area (Å²) in [7, 11) is 0. The highest BCUT2D eigenvalue weighted by molar-refractivity contribution is 7.17. The summed E-state index contributed by atoms with van der Waals surface area (Å²) < 4.78 is 6.55. The fourth-order valence-corrected chi connectivity index (χ4v) is 4.45. The number of anilines is 1. The van der Waals surface area contributed by atoms with Crippen molar-refractivity contribution >= 4 is 28.2 Å². The van der Waals surface area contributed by atoms with E-state index in [1.54, 1.807) is 6.92 Å². The number of carbonyl (C=O) groups is 2. The maximum atomic E-state index is 12.4. The van der Waals surface area contributed by atoms with E-state index in [-0.39, 0.29) is 24.9 Å². The predicted molar refractivity (Wildman–Crippen MR) is 94.8 cm³/mol. The van der Waals surface area contributed by atoms with Gasteiger partial charge in [-0.3, -0.25) is 9.36 Å². The van der Waals surface area contributed by atoms with E-state index in [1.807, 2.05) is 6.07 Å². The van der Waals surface area contributed by atoms with E-state index in [4.69, 9.17) is 10.00 Å². The number of nitrogens with one attached hydrogen (secondary N) is 1. The van der Waals surface area contributed by atoms with Gasteiger partial charge in [0.1, 0.15) is 23.9 Å². The van der Waals surface area contributed by atoms with Crippen LogP contribution in [0.2, 0.25) is 0 Å². The van der Waals surface area contributed by atoms with Crippen molar-refractivity contribution in [3.8, 4) is 6.07 Å². The number of thiophene rings is 1. The fraction of sp³-hybridized carbons (Fsp3) is 0.471. The van der Waals surface area contributed by atoms with Crippen LogP contribution in [0.1, 0.15) is 46.9 Å². The molecule has 2 aromatic heterocycles. The van der Waals surface area contributed by atoms with Crippen LogP contribution in [0.25, 0.3) is 0 Å². The second kappa shape index (κ2) is 7.66. The summed E-state index contributed by atoms with van der Waals surface area (Å²) in [4.78, 5) is 26.0. The van der Waals surface area contributed by atoms with Crippen molar-refractivity contribution < 1.29 is 14.3 Å². The normalized spacial score (nSPS) is 15.8. The molecule has 1 aliphatic carbocycles. The SMILES string of the molecule is CCOC(=O)c1c(NC(=O)Cn2cnnc2C#N)sc2c1CCC(C)C2. The Labute approximate surface area is 154 Å². The molecule has 26 heavy (non-hydrogen) atoms. The van der Waals surface area contributed by atoms with Crippen LogP contribution in [0.3, 0.4) is 0 Å². The van der Waals surface area contributed by atoms with Crippen LogP contribution in [-0.4, -0.2) is 33.2 Å². The highest BCUT2D eigenvalue weighted by Crippen LogP contribution is 2.40. The first-order chi connectivity index (χ1) is 12.5. The monoisotopic (exact) mass is 373 g/mol. The molecule has 1 amide bonds. The molecule has 2 heterocycles. The zero-order valence-corrected chi connectivity index (χ0v) is 15.4. The van der Waals surface area contributed by atoms with E-state index in [1.165, 1.54) is 22.2 Å². The van der Waals surface area contributed by atoms with Gasteiger partial charge in [0.25, 0.3) is 0 Å². The van der Waals surface area contributed by atoms with E-state index in [2.05, 4.69) is 22.4 Å². The van der Waals surface area contributed by atoms with Gasteiger partial charge in [0.05, 0.1) is 12.2 Å². The summed E-state index contributed by atoms with van der Waals surface area (Å²) in [6, 6.07) is 1.87. The van der Waals surface area contributed by atoms with E-state index < -0.39 is 5.97 Å². The number of aromatic nitrogens is 3. The average Bonchev–Trinajstić information content (AvgIpc) is 3.18. The first-order valence-electron chi connectivity index (χ1n) is 8.42. The van der Waals surface area contributed by atoms with Gasteiger partial charge >= 0.3 is 5.97 Å². The Morgan fingerprint density at radius 2 is 2.35 bits per heavy atom. The van der Waals surface area contributed by atoms with Gasteiger partial charge in [0.2, 0.25) is 11.7 Å². The molecule has 1 aliphatic rings. The van der Waals surface area contributed by atoms with Crippen molar-refractivity contribution in [3.63, 3.8) is 0 Å². The van der Waals surface area contributed by atoms with Gasteiger partial charge in [-0.25, -0.2) is 4.79 Å². The fourth-order valence-electron chi connectivity index (χ4n) is 3.04. The Kier molecular flexibility index (Phi) is 5.32. The third-order valence-corrected chi connectivity index (χ3v) is 5.44. The van der Waals surface area contributed by atoms with Crippen LogP contribution in [-0.2, 0) is 28.9 Å². The van der Waals surface area contributed by atoms with Gasteiger partial charge < -0.3 is 10.1 Å². The topological polar surface area (TPSA) is 110 Å². The summed E-state index contributed by atoms with van der Waals surface area (Å²) in [5, 5.41) is 19.5. The molecule has 8 nitrogen and oxygen atoms in total. The molecule has 9 heteroatoms. The number of hydrogen-bond acceptors (Lipinski definition) is 7. The van der Waals surface area contributed by atoms with E-state index in [0.717, 1.165) is 29.7 Å². The minimum atomic E-state index is -0.406. The lowest BCUT2D eigenvalue weighted by atomic mass is 9.88. The summed E-state index contributed by atoms with van der Waals surface area (Å²) >= 11 is 1.43. The third-order valence-electron chi connectivity index (χ3n) is 4.27. The molecule has 1 atom stereocenters. The number of nitriles is 1. The molecular weight excluding hydrogens is 354 g/mol. The number of esters is 1. The summed E-state index contributed by atoms with van der Waals surface area (Å²) in [5.41, 5.74) is 1.46. The number of rotatable bonds is 5. The van der Waals surface area contributed by atoms with Gasteiger partial charge in [-0.2, -0.15) is 5.26 Å². The Morgan fingerprint density at radius 1 is 1.54 bits per heavy atom. The molecule has 0 aromatic carbocycles. The Bertz CT molecular complexity index is 880. The van der Waals surface area contributed by atoms with Crippen LogP contribution in [0.5, 0.6) is 0 Å². The molecule has 0 radical (unpaired) electrons. The number of nitrogens with zero attached hydrogens (tertiary/aromatic N) is 4. The predicted octanol–water partition coefficient (Wildman–Crippen LogP) is 2.15. The maximum absolute atomic E-state index is 12.4. The molecule has 2 aromatic rings. The molecule has 3 rings (SSSR count). The van der Waals surface area contributed by atoms with Crippen LogP contribution in [0.4, 0.5) is 5.00 Å². The lowest BCUT2D eigenvalue weighted by molar-refractivity contribution is -0.116. The van der Waals surface area contributed by atoms with Gasteiger partial charge in [0, 0.05) is 4.88 Å². The number of fused-ring (bicyclic) bond motifs is 1. The van der Waals surface area contributed by atoms with Gasteiger partial charge in [-0.05, 0) is 37.7 Å².